The number of allylic oxidation sites excluding steroid dienone is 1. The van der Waals surface area contributed by atoms with Gasteiger partial charge in [-0.25, -0.2) is 9.79 Å². The third-order valence-corrected chi connectivity index (χ3v) is 5.71. The van der Waals surface area contributed by atoms with Crippen molar-refractivity contribution in [2.45, 2.75) is 32.0 Å². The number of hydrogen-bond donors (Lipinski definition) is 0. The molecule has 1 aromatic rings. The molecule has 0 bridgehead atoms. The second-order valence-corrected chi connectivity index (χ2v) is 7.58. The Morgan fingerprint density at radius 3 is 2.59 bits per heavy atom. The summed E-state index contributed by atoms with van der Waals surface area (Å²) in [7, 11) is 3.38. The Morgan fingerprint density at radius 1 is 1.10 bits per heavy atom. The molecule has 3 amide bonds. The van der Waals surface area contributed by atoms with Crippen molar-refractivity contribution in [3.05, 3.63) is 47.8 Å². The van der Waals surface area contributed by atoms with Gasteiger partial charge < -0.3 is 19.4 Å². The average Bonchev–Trinajstić information content (AvgIpc) is 3.23. The molecule has 29 heavy (non-hydrogen) atoms. The van der Waals surface area contributed by atoms with Crippen LogP contribution in [0.2, 0.25) is 0 Å². The van der Waals surface area contributed by atoms with Gasteiger partial charge in [-0.15, -0.1) is 0 Å². The summed E-state index contributed by atoms with van der Waals surface area (Å²) in [5, 5.41) is 0. The highest BCUT2D eigenvalue weighted by atomic mass is 16.5. The van der Waals surface area contributed by atoms with Crippen LogP contribution in [0.4, 0.5) is 4.79 Å². The predicted octanol–water partition coefficient (Wildman–Crippen LogP) is 1.70. The number of carbonyl (C=O) groups is 2. The maximum absolute atomic E-state index is 13.3. The van der Waals surface area contributed by atoms with E-state index in [0.29, 0.717) is 25.7 Å². The van der Waals surface area contributed by atoms with Gasteiger partial charge in [0.2, 0.25) is 5.96 Å². The first-order valence-electron chi connectivity index (χ1n) is 9.96. The van der Waals surface area contributed by atoms with Crippen LogP contribution in [0, 0.1) is 0 Å². The summed E-state index contributed by atoms with van der Waals surface area (Å²) in [5.41, 5.74) is 2.22. The lowest BCUT2D eigenvalue weighted by molar-refractivity contribution is -0.136. The number of imide groups is 1. The molecule has 4 rings (SSSR count). The van der Waals surface area contributed by atoms with Gasteiger partial charge in [-0.2, -0.15) is 0 Å². The SMILES string of the molecule is COCCN1C(C)=CN2C1=NC1C2C(=O)N(CCCc2ccccc2)C(=O)N1C. The van der Waals surface area contributed by atoms with Crippen LogP contribution in [-0.4, -0.2) is 83.6 Å². The molecule has 0 aromatic heterocycles. The Kier molecular flexibility index (Phi) is 5.27. The normalized spacial score (nSPS) is 23.4. The lowest BCUT2D eigenvalue weighted by atomic mass is 10.1. The number of aliphatic imine (C=N–C) groups is 1. The van der Waals surface area contributed by atoms with Crippen LogP contribution in [-0.2, 0) is 16.0 Å². The molecule has 0 radical (unpaired) electrons. The van der Waals surface area contributed by atoms with Gasteiger partial charge in [-0.1, -0.05) is 30.3 Å². The maximum Gasteiger partial charge on any atom is 0.328 e. The second-order valence-electron chi connectivity index (χ2n) is 7.58. The second kappa shape index (κ2) is 7.87. The van der Waals surface area contributed by atoms with Crippen molar-refractivity contribution >= 4 is 17.9 Å². The van der Waals surface area contributed by atoms with E-state index in [1.54, 1.807) is 19.1 Å². The topological polar surface area (TPSA) is 68.7 Å². The first kappa shape index (κ1) is 19.4. The summed E-state index contributed by atoms with van der Waals surface area (Å²) in [5.74, 6) is 0.538. The molecule has 0 N–H and O–H groups in total. The smallest absolute Gasteiger partial charge is 0.328 e. The highest BCUT2D eigenvalue weighted by Gasteiger charge is 2.53. The summed E-state index contributed by atoms with van der Waals surface area (Å²) < 4.78 is 5.19. The van der Waals surface area contributed by atoms with Gasteiger partial charge in [-0.3, -0.25) is 9.69 Å². The van der Waals surface area contributed by atoms with Gasteiger partial charge in [0.1, 0.15) is 0 Å². The molecule has 2 atom stereocenters. The molecule has 1 aromatic carbocycles. The zero-order chi connectivity index (χ0) is 20.5. The molecule has 3 aliphatic heterocycles. The molecule has 3 aliphatic rings. The van der Waals surface area contributed by atoms with Crippen LogP contribution >= 0.6 is 0 Å². The van der Waals surface area contributed by atoms with E-state index in [0.717, 1.165) is 18.5 Å². The Morgan fingerprint density at radius 2 is 1.86 bits per heavy atom. The van der Waals surface area contributed by atoms with Crippen molar-refractivity contribution in [1.82, 2.24) is 19.6 Å². The van der Waals surface area contributed by atoms with E-state index in [9.17, 15) is 9.59 Å². The van der Waals surface area contributed by atoms with Crippen molar-refractivity contribution in [3.63, 3.8) is 0 Å². The van der Waals surface area contributed by atoms with Crippen molar-refractivity contribution < 1.29 is 14.3 Å². The quantitative estimate of drug-likeness (QED) is 0.701. The van der Waals surface area contributed by atoms with E-state index in [-0.39, 0.29) is 11.9 Å². The Hall–Kier alpha value is -2.87. The molecule has 154 valence electrons. The minimum Gasteiger partial charge on any atom is -0.383 e. The molecule has 1 saturated heterocycles. The summed E-state index contributed by atoms with van der Waals surface area (Å²) in [6.07, 6.45) is 3.01. The fraction of sp³-hybridized carbons (Fsp3) is 0.476. The fourth-order valence-corrected chi connectivity index (χ4v) is 4.15. The van der Waals surface area contributed by atoms with Gasteiger partial charge in [-0.05, 0) is 25.3 Å². The molecule has 1 fully saturated rings. The Labute approximate surface area is 171 Å². The van der Waals surface area contributed by atoms with Gasteiger partial charge in [0.05, 0.1) is 6.61 Å². The van der Waals surface area contributed by atoms with Crippen molar-refractivity contribution in [2.24, 2.45) is 4.99 Å². The number of amides is 3. The molecule has 0 saturated carbocycles. The number of fused-ring (bicyclic) bond motifs is 3. The number of ether oxygens (including phenoxy) is 1. The predicted molar refractivity (Wildman–Crippen MR) is 109 cm³/mol. The molecule has 8 heteroatoms. The van der Waals surface area contributed by atoms with Crippen molar-refractivity contribution in [1.29, 1.82) is 0 Å². The van der Waals surface area contributed by atoms with Gasteiger partial charge in [0, 0.05) is 39.1 Å². The number of hydrogen-bond acceptors (Lipinski definition) is 6. The third kappa shape index (κ3) is 3.37. The molecule has 2 unspecified atom stereocenters. The number of methoxy groups -OCH3 is 1. The van der Waals surface area contributed by atoms with E-state index in [1.807, 2.05) is 41.1 Å². The summed E-state index contributed by atoms with van der Waals surface area (Å²) in [4.78, 5) is 37.7. The average molecular weight is 397 g/mol. The van der Waals surface area contributed by atoms with E-state index in [2.05, 4.69) is 12.1 Å². The molecular weight excluding hydrogens is 370 g/mol. The fourth-order valence-electron chi connectivity index (χ4n) is 4.15. The van der Waals surface area contributed by atoms with Crippen LogP contribution in [0.15, 0.2) is 47.2 Å². The summed E-state index contributed by atoms with van der Waals surface area (Å²) in [6, 6.07) is 9.32. The largest absolute Gasteiger partial charge is 0.383 e. The first-order chi connectivity index (χ1) is 14.0. The third-order valence-electron chi connectivity index (χ3n) is 5.71. The minimum atomic E-state index is -0.507. The molecule has 0 spiro atoms. The highest BCUT2D eigenvalue weighted by Crippen LogP contribution is 2.33. The van der Waals surface area contributed by atoms with Crippen LogP contribution in [0.5, 0.6) is 0 Å². The first-order valence-corrected chi connectivity index (χ1v) is 9.96. The van der Waals surface area contributed by atoms with E-state index < -0.39 is 12.2 Å². The zero-order valence-electron chi connectivity index (χ0n) is 17.1. The number of likely N-dealkylation sites (N-methyl/N-ethyl adjacent to an activating group) is 1. The number of rotatable bonds is 7. The summed E-state index contributed by atoms with van der Waals surface area (Å²) in [6.45, 7) is 3.60. The lowest BCUT2D eigenvalue weighted by Crippen LogP contribution is -2.64. The number of carbonyl (C=O) groups excluding carboxylic acids is 2. The van der Waals surface area contributed by atoms with Crippen molar-refractivity contribution in [2.75, 3.05) is 33.9 Å². The van der Waals surface area contributed by atoms with Crippen LogP contribution in [0.1, 0.15) is 18.9 Å². The monoisotopic (exact) mass is 397 g/mol. The Bertz CT molecular complexity index is 853. The van der Waals surface area contributed by atoms with E-state index in [1.165, 1.54) is 10.5 Å². The molecule has 8 nitrogen and oxygen atoms in total. The molecule has 0 aliphatic carbocycles. The standard InChI is InChI=1S/C21H27N5O3/c1-15-14-26-17-18(22-20(26)24(15)12-13-29-3)23(2)21(28)25(19(17)27)11-7-10-16-8-5-4-6-9-16/h4-6,8-9,14,17-18H,7,10-13H2,1-3H3. The zero-order valence-corrected chi connectivity index (χ0v) is 17.1. The number of guanidine groups is 1. The van der Waals surface area contributed by atoms with Crippen molar-refractivity contribution in [3.8, 4) is 0 Å². The summed E-state index contributed by atoms with van der Waals surface area (Å²) >= 11 is 0. The Balaban J connectivity index is 1.48. The minimum absolute atomic E-state index is 0.178. The molecular formula is C21H27N5O3. The van der Waals surface area contributed by atoms with E-state index in [4.69, 9.17) is 9.73 Å². The molecule has 3 heterocycles. The number of nitrogens with zero attached hydrogens (tertiary/aromatic N) is 5. The number of urea groups is 1. The van der Waals surface area contributed by atoms with Crippen LogP contribution in [0.25, 0.3) is 0 Å². The van der Waals surface area contributed by atoms with Crippen LogP contribution < -0.4 is 0 Å². The number of aryl methyl sites for hydroxylation is 1. The maximum atomic E-state index is 13.3. The van der Waals surface area contributed by atoms with Gasteiger partial charge in [0.25, 0.3) is 5.91 Å². The van der Waals surface area contributed by atoms with Crippen LogP contribution in [0.3, 0.4) is 0 Å². The highest BCUT2D eigenvalue weighted by molar-refractivity contribution is 6.04. The lowest BCUT2D eigenvalue weighted by Gasteiger charge is -2.40. The van der Waals surface area contributed by atoms with Gasteiger partial charge in [0.15, 0.2) is 12.2 Å². The van der Waals surface area contributed by atoms with E-state index >= 15 is 0 Å². The van der Waals surface area contributed by atoms with Gasteiger partial charge >= 0.3 is 6.03 Å². The number of benzene rings is 1.